The van der Waals surface area contributed by atoms with Gasteiger partial charge in [0.1, 0.15) is 23.5 Å². The van der Waals surface area contributed by atoms with Crippen LogP contribution in [0.5, 0.6) is 5.75 Å². The van der Waals surface area contributed by atoms with Crippen molar-refractivity contribution in [3.63, 3.8) is 0 Å². The summed E-state index contributed by atoms with van der Waals surface area (Å²) < 4.78 is 17.0. The van der Waals surface area contributed by atoms with E-state index in [9.17, 15) is 19.8 Å². The molecule has 33 heavy (non-hydrogen) atoms. The predicted molar refractivity (Wildman–Crippen MR) is 123 cm³/mol. The van der Waals surface area contributed by atoms with Crippen molar-refractivity contribution in [1.82, 2.24) is 0 Å². The summed E-state index contributed by atoms with van der Waals surface area (Å²) in [4.78, 5) is 23.2. The number of aliphatic hydroxyl groups excluding tert-OH is 2. The average molecular weight is 457 g/mol. The molecule has 0 bridgehead atoms. The third-order valence-electron chi connectivity index (χ3n) is 7.90. The lowest BCUT2D eigenvalue weighted by Crippen LogP contribution is -2.64. The molecule has 2 saturated carbocycles. The van der Waals surface area contributed by atoms with Crippen LogP contribution in [0.1, 0.15) is 40.5 Å². The zero-order valence-electron chi connectivity index (χ0n) is 19.5. The van der Waals surface area contributed by atoms with Crippen molar-refractivity contribution >= 4 is 16.9 Å². The first-order chi connectivity index (χ1) is 15.4. The van der Waals surface area contributed by atoms with Gasteiger partial charge in [-0.2, -0.15) is 0 Å². The van der Waals surface area contributed by atoms with Crippen LogP contribution in [0, 0.1) is 22.7 Å². The highest BCUT2D eigenvalue weighted by atomic mass is 16.5. The third kappa shape index (κ3) is 3.97. The van der Waals surface area contributed by atoms with Gasteiger partial charge >= 0.3 is 11.6 Å². The van der Waals surface area contributed by atoms with E-state index in [1.807, 2.05) is 19.9 Å². The van der Waals surface area contributed by atoms with Gasteiger partial charge in [0.2, 0.25) is 0 Å². The molecule has 7 heteroatoms. The first kappa shape index (κ1) is 23.5. The maximum Gasteiger partial charge on any atom is 0.336 e. The van der Waals surface area contributed by atoms with Crippen LogP contribution in [0.15, 0.2) is 51.7 Å². The van der Waals surface area contributed by atoms with Gasteiger partial charge in [0.15, 0.2) is 0 Å². The van der Waals surface area contributed by atoms with Crippen molar-refractivity contribution < 1.29 is 28.9 Å². The third-order valence-corrected chi connectivity index (χ3v) is 7.90. The van der Waals surface area contributed by atoms with Gasteiger partial charge in [-0.3, -0.25) is 4.79 Å². The maximum atomic E-state index is 11.7. The number of hydrogen-bond acceptors (Lipinski definition) is 7. The number of benzene rings is 1. The number of ether oxygens (including phenoxy) is 2. The smallest absolute Gasteiger partial charge is 0.336 e. The number of carbonyl (C=O) groups excluding carboxylic acids is 1. The molecule has 4 rings (SSSR count). The molecule has 0 aliphatic heterocycles. The van der Waals surface area contributed by atoms with Gasteiger partial charge < -0.3 is 24.1 Å². The number of esters is 1. The molecule has 0 amide bonds. The van der Waals surface area contributed by atoms with E-state index >= 15 is 0 Å². The quantitative estimate of drug-likeness (QED) is 0.412. The van der Waals surface area contributed by atoms with Gasteiger partial charge in [0.25, 0.3) is 0 Å². The molecule has 0 radical (unpaired) electrons. The fraction of sp³-hybridized carbons (Fsp3) is 0.538. The van der Waals surface area contributed by atoms with Crippen LogP contribution in [0.4, 0.5) is 0 Å². The second-order valence-electron chi connectivity index (χ2n) is 10.3. The van der Waals surface area contributed by atoms with Crippen molar-refractivity contribution in [3.8, 4) is 5.75 Å². The number of hydrogen-bond donors (Lipinski definition) is 2. The van der Waals surface area contributed by atoms with Crippen molar-refractivity contribution in [1.29, 1.82) is 0 Å². The van der Waals surface area contributed by atoms with Crippen LogP contribution in [0.2, 0.25) is 0 Å². The predicted octanol–water partition coefficient (Wildman–Crippen LogP) is 3.45. The number of carbonyl (C=O) groups is 1. The van der Waals surface area contributed by atoms with Crippen molar-refractivity contribution in [2.45, 2.75) is 58.8 Å². The summed E-state index contributed by atoms with van der Waals surface area (Å²) in [5.41, 5.74) is -0.455. The minimum Gasteiger partial charge on any atom is -0.493 e. The van der Waals surface area contributed by atoms with Crippen LogP contribution in [0.25, 0.3) is 11.0 Å². The Labute approximate surface area is 193 Å². The summed E-state index contributed by atoms with van der Waals surface area (Å²) in [7, 11) is 0. The SMILES string of the molecule is C=C1[C@H](O)[C@@H](O)[C@@H]2C(C)(C)[C@@H](OC(C)=O)CC[C@@]2(C)[C@H]1COc1ccc2ccc(=O)oc2c1. The minimum absolute atomic E-state index is 0.239. The van der Waals surface area contributed by atoms with E-state index in [0.717, 1.165) is 5.39 Å². The van der Waals surface area contributed by atoms with Crippen molar-refractivity contribution in [2.75, 3.05) is 6.61 Å². The molecule has 7 nitrogen and oxygen atoms in total. The standard InChI is InChI=1S/C26H32O7/c1-14-18(13-31-17-8-6-16-7-9-21(28)33-19(16)12-17)26(5)11-10-20(32-15(2)27)25(3,4)24(26)23(30)22(14)29/h6-9,12,18,20,22-24,29-30H,1,10-11,13H2,2-5H3/t18-,20-,22-,23+,24+,26-/m0/s1. The monoisotopic (exact) mass is 456 g/mol. The van der Waals surface area contributed by atoms with Crippen LogP contribution in [-0.4, -0.2) is 41.1 Å². The molecule has 2 aliphatic carbocycles. The lowest BCUT2D eigenvalue weighted by molar-refractivity contribution is -0.208. The molecular weight excluding hydrogens is 424 g/mol. The second-order valence-corrected chi connectivity index (χ2v) is 10.3. The van der Waals surface area contributed by atoms with Crippen molar-refractivity contribution in [2.24, 2.45) is 22.7 Å². The highest BCUT2D eigenvalue weighted by molar-refractivity contribution is 5.77. The Kier molecular flexibility index (Phi) is 5.91. The van der Waals surface area contributed by atoms with Gasteiger partial charge in [0.05, 0.1) is 12.7 Å². The van der Waals surface area contributed by atoms with E-state index in [1.54, 1.807) is 18.2 Å². The first-order valence-corrected chi connectivity index (χ1v) is 11.3. The summed E-state index contributed by atoms with van der Waals surface area (Å²) in [6.07, 6.45) is -1.16. The van der Waals surface area contributed by atoms with Gasteiger partial charge in [-0.25, -0.2) is 4.79 Å². The lowest BCUT2D eigenvalue weighted by Gasteiger charge is -2.61. The van der Waals surface area contributed by atoms with E-state index in [-0.39, 0.29) is 30.5 Å². The molecule has 178 valence electrons. The molecule has 0 spiro atoms. The molecule has 2 N–H and O–H groups in total. The molecule has 2 fully saturated rings. The molecule has 0 unspecified atom stereocenters. The minimum atomic E-state index is -1.11. The second kappa shape index (κ2) is 8.29. The van der Waals surface area contributed by atoms with Crippen molar-refractivity contribution in [3.05, 3.63) is 52.9 Å². The molecule has 6 atom stereocenters. The molecule has 2 aliphatic rings. The fourth-order valence-electron chi connectivity index (χ4n) is 6.29. The topological polar surface area (TPSA) is 106 Å². The van der Waals surface area contributed by atoms with E-state index in [4.69, 9.17) is 13.9 Å². The fourth-order valence-corrected chi connectivity index (χ4v) is 6.29. The van der Waals surface area contributed by atoms with Crippen LogP contribution in [-0.2, 0) is 9.53 Å². The molecular formula is C26H32O7. The molecule has 2 aromatic rings. The van der Waals surface area contributed by atoms with Gasteiger partial charge in [-0.05, 0) is 42.0 Å². The lowest BCUT2D eigenvalue weighted by atomic mass is 9.45. The number of aliphatic hydroxyl groups is 2. The Bertz CT molecular complexity index is 1130. The molecule has 1 aromatic carbocycles. The Hall–Kier alpha value is -2.64. The van der Waals surface area contributed by atoms with E-state index in [0.29, 0.717) is 29.7 Å². The summed E-state index contributed by atoms with van der Waals surface area (Å²) >= 11 is 0. The van der Waals surface area contributed by atoms with Gasteiger partial charge in [-0.1, -0.05) is 27.4 Å². The largest absolute Gasteiger partial charge is 0.493 e. The molecule has 1 heterocycles. The summed E-state index contributed by atoms with van der Waals surface area (Å²) in [6, 6.07) is 8.37. The number of rotatable bonds is 4. The van der Waals surface area contributed by atoms with Gasteiger partial charge in [0, 0.05) is 41.7 Å². The Morgan fingerprint density at radius 3 is 2.61 bits per heavy atom. The Balaban J connectivity index is 1.63. The number of fused-ring (bicyclic) bond motifs is 2. The van der Waals surface area contributed by atoms with Crippen LogP contribution >= 0.6 is 0 Å². The Morgan fingerprint density at radius 2 is 1.91 bits per heavy atom. The summed E-state index contributed by atoms with van der Waals surface area (Å²) in [5.74, 6) is -0.392. The first-order valence-electron chi connectivity index (χ1n) is 11.3. The zero-order valence-corrected chi connectivity index (χ0v) is 19.5. The highest BCUT2D eigenvalue weighted by Crippen LogP contribution is 2.61. The summed E-state index contributed by atoms with van der Waals surface area (Å²) in [6.45, 7) is 11.8. The van der Waals surface area contributed by atoms with E-state index in [1.165, 1.54) is 13.0 Å². The maximum absolute atomic E-state index is 11.7. The molecule has 0 saturated heterocycles. The summed E-state index contributed by atoms with van der Waals surface area (Å²) in [5, 5.41) is 22.8. The highest BCUT2D eigenvalue weighted by Gasteiger charge is 2.62. The van der Waals surface area contributed by atoms with Crippen LogP contribution < -0.4 is 10.4 Å². The zero-order chi connectivity index (χ0) is 24.1. The van der Waals surface area contributed by atoms with Gasteiger partial charge in [-0.15, -0.1) is 0 Å². The van der Waals surface area contributed by atoms with E-state index in [2.05, 4.69) is 13.5 Å². The normalized spacial score (nSPS) is 33.4. The Morgan fingerprint density at radius 1 is 1.21 bits per heavy atom. The van der Waals surface area contributed by atoms with E-state index < -0.39 is 28.7 Å². The molecule has 1 aromatic heterocycles. The average Bonchev–Trinajstić information content (AvgIpc) is 2.73. The van der Waals surface area contributed by atoms with Crippen LogP contribution in [0.3, 0.4) is 0 Å².